The van der Waals surface area contributed by atoms with Crippen molar-refractivity contribution < 1.29 is 22.9 Å². The quantitative estimate of drug-likeness (QED) is 0.408. The summed E-state index contributed by atoms with van der Waals surface area (Å²) in [4.78, 5) is 12.9. The molecule has 4 aromatic rings. The van der Waals surface area contributed by atoms with Gasteiger partial charge in [0.15, 0.2) is 5.76 Å². The third kappa shape index (κ3) is 3.64. The molecule has 5 rings (SSSR count). The molecule has 0 aliphatic heterocycles. The predicted octanol–water partition coefficient (Wildman–Crippen LogP) is 5.92. The fraction of sp³-hybridized carbons (Fsp3) is 0.280. The lowest BCUT2D eigenvalue weighted by Crippen LogP contribution is -2.18. The molecule has 0 spiro atoms. The van der Waals surface area contributed by atoms with Gasteiger partial charge in [-0.1, -0.05) is 5.16 Å². The zero-order valence-electron chi connectivity index (χ0n) is 18.1. The summed E-state index contributed by atoms with van der Waals surface area (Å²) in [7, 11) is 1.56. The Hall–Kier alpha value is -3.61. The smallest absolute Gasteiger partial charge is 0.255 e. The first kappa shape index (κ1) is 20.3. The lowest BCUT2D eigenvalue weighted by atomic mass is 10.0. The van der Waals surface area contributed by atoms with E-state index in [2.05, 4.69) is 10.5 Å². The Morgan fingerprint density at radius 1 is 1.16 bits per heavy atom. The van der Waals surface area contributed by atoms with Crippen molar-refractivity contribution in [3.05, 3.63) is 59.5 Å². The van der Waals surface area contributed by atoms with Crippen LogP contribution in [0.15, 0.2) is 51.4 Å². The Labute approximate surface area is 184 Å². The summed E-state index contributed by atoms with van der Waals surface area (Å²) in [6.45, 7) is 3.83. The molecule has 1 aliphatic carbocycles. The van der Waals surface area contributed by atoms with E-state index in [1.165, 1.54) is 12.1 Å². The molecule has 7 heteroatoms. The maximum atomic E-state index is 13.5. The minimum atomic E-state index is -0.366. The molecular formula is C25H23FN2O4. The summed E-state index contributed by atoms with van der Waals surface area (Å²) >= 11 is 0. The number of nitrogens with zero attached hydrogens (tertiary/aromatic N) is 1. The van der Waals surface area contributed by atoms with E-state index in [1.807, 2.05) is 32.0 Å². The van der Waals surface area contributed by atoms with E-state index in [0.717, 1.165) is 24.1 Å². The summed E-state index contributed by atoms with van der Waals surface area (Å²) in [5.41, 5.74) is 3.10. The number of carbonyl (C=O) groups is 1. The van der Waals surface area contributed by atoms with Gasteiger partial charge in [0.1, 0.15) is 22.9 Å². The highest BCUT2D eigenvalue weighted by Gasteiger charge is 2.29. The molecule has 0 radical (unpaired) electrons. The van der Waals surface area contributed by atoms with Crippen LogP contribution in [0.25, 0.3) is 33.6 Å². The zero-order chi connectivity index (χ0) is 22.4. The van der Waals surface area contributed by atoms with E-state index in [4.69, 9.17) is 13.7 Å². The summed E-state index contributed by atoms with van der Waals surface area (Å²) in [6.07, 6.45) is 2.12. The average Bonchev–Trinajstić information content (AvgIpc) is 3.37. The highest BCUT2D eigenvalue weighted by Crippen LogP contribution is 2.44. The Kier molecular flexibility index (Phi) is 4.96. The number of furan rings is 1. The molecule has 1 amide bonds. The molecule has 1 aliphatic rings. The normalized spacial score (nSPS) is 13.7. The van der Waals surface area contributed by atoms with Gasteiger partial charge in [-0.25, -0.2) is 4.39 Å². The topological polar surface area (TPSA) is 77.5 Å². The molecular weight excluding hydrogens is 411 g/mol. The number of rotatable bonds is 6. The molecule has 32 heavy (non-hydrogen) atoms. The summed E-state index contributed by atoms with van der Waals surface area (Å²) in [6, 6.07) is 11.4. The number of halogens is 1. The Morgan fingerprint density at radius 3 is 2.56 bits per heavy atom. The number of carbonyl (C=O) groups excluding carboxylic acids is 1. The standard InChI is InChI=1S/C25H23FN2O4/c1-13(2)30-20-10-16(19-12-18(28-32-19)14-4-5-14)11-21-22(20)23(25(29)27-3)24(31-21)15-6-8-17(26)9-7-15/h6-14H,4-5H2,1-3H3,(H,27,29). The van der Waals surface area contributed by atoms with Crippen LogP contribution in [0.3, 0.4) is 0 Å². The predicted molar refractivity (Wildman–Crippen MR) is 118 cm³/mol. The maximum Gasteiger partial charge on any atom is 0.255 e. The van der Waals surface area contributed by atoms with Crippen LogP contribution in [0.2, 0.25) is 0 Å². The SMILES string of the molecule is CNC(=O)c1c(-c2ccc(F)cc2)oc2cc(-c3cc(C4CC4)no3)cc(OC(C)C)c12. The summed E-state index contributed by atoms with van der Waals surface area (Å²) in [5.74, 6) is 1.25. The first-order valence-corrected chi connectivity index (χ1v) is 10.7. The van der Waals surface area contributed by atoms with Gasteiger partial charge < -0.3 is 19.0 Å². The van der Waals surface area contributed by atoms with E-state index in [-0.39, 0.29) is 17.8 Å². The summed E-state index contributed by atoms with van der Waals surface area (Å²) in [5, 5.41) is 7.43. The van der Waals surface area contributed by atoms with Gasteiger partial charge in [-0.15, -0.1) is 0 Å². The van der Waals surface area contributed by atoms with Gasteiger partial charge in [0.05, 0.1) is 22.7 Å². The molecule has 1 saturated carbocycles. The molecule has 0 bridgehead atoms. The lowest BCUT2D eigenvalue weighted by Gasteiger charge is -2.12. The van der Waals surface area contributed by atoms with E-state index in [9.17, 15) is 9.18 Å². The van der Waals surface area contributed by atoms with Crippen LogP contribution in [0.1, 0.15) is 48.7 Å². The minimum absolute atomic E-state index is 0.132. The van der Waals surface area contributed by atoms with Gasteiger partial charge in [0.2, 0.25) is 0 Å². The summed E-state index contributed by atoms with van der Waals surface area (Å²) < 4.78 is 31.4. The molecule has 1 N–H and O–H groups in total. The third-order valence-electron chi connectivity index (χ3n) is 5.49. The first-order chi connectivity index (χ1) is 15.4. The monoisotopic (exact) mass is 434 g/mol. The number of ether oxygens (including phenoxy) is 1. The molecule has 0 saturated heterocycles. The van der Waals surface area contributed by atoms with Crippen molar-refractivity contribution >= 4 is 16.9 Å². The minimum Gasteiger partial charge on any atom is -0.490 e. The second kappa shape index (κ2) is 7.82. The van der Waals surface area contributed by atoms with Crippen molar-refractivity contribution in [2.45, 2.75) is 38.7 Å². The van der Waals surface area contributed by atoms with Crippen LogP contribution < -0.4 is 10.1 Å². The van der Waals surface area contributed by atoms with Gasteiger partial charge in [-0.3, -0.25) is 4.79 Å². The highest BCUT2D eigenvalue weighted by molar-refractivity contribution is 6.13. The largest absolute Gasteiger partial charge is 0.490 e. The van der Waals surface area contributed by atoms with Crippen LogP contribution >= 0.6 is 0 Å². The fourth-order valence-electron chi connectivity index (χ4n) is 3.82. The molecule has 0 atom stereocenters. The number of benzene rings is 2. The number of nitrogens with one attached hydrogen (secondary N) is 1. The molecule has 2 heterocycles. The van der Waals surface area contributed by atoms with Crippen molar-refractivity contribution in [3.8, 4) is 28.4 Å². The van der Waals surface area contributed by atoms with Crippen molar-refractivity contribution in [1.82, 2.24) is 10.5 Å². The Bertz CT molecular complexity index is 1300. The number of amides is 1. The van der Waals surface area contributed by atoms with Crippen molar-refractivity contribution in [3.63, 3.8) is 0 Å². The van der Waals surface area contributed by atoms with E-state index in [0.29, 0.717) is 45.3 Å². The number of aromatic nitrogens is 1. The third-order valence-corrected chi connectivity index (χ3v) is 5.49. The molecule has 164 valence electrons. The lowest BCUT2D eigenvalue weighted by molar-refractivity contribution is 0.0964. The van der Waals surface area contributed by atoms with Crippen molar-refractivity contribution in [2.75, 3.05) is 7.05 Å². The maximum absolute atomic E-state index is 13.5. The number of hydrogen-bond acceptors (Lipinski definition) is 5. The Balaban J connectivity index is 1.74. The van der Waals surface area contributed by atoms with Crippen molar-refractivity contribution in [1.29, 1.82) is 0 Å². The molecule has 6 nitrogen and oxygen atoms in total. The highest BCUT2D eigenvalue weighted by atomic mass is 19.1. The molecule has 2 aromatic heterocycles. The van der Waals surface area contributed by atoms with E-state index < -0.39 is 0 Å². The van der Waals surface area contributed by atoms with Gasteiger partial charge >= 0.3 is 0 Å². The molecule has 1 fully saturated rings. The van der Waals surface area contributed by atoms with E-state index >= 15 is 0 Å². The first-order valence-electron chi connectivity index (χ1n) is 10.7. The van der Waals surface area contributed by atoms with Crippen LogP contribution in [0, 0.1) is 5.82 Å². The molecule has 2 aromatic carbocycles. The Morgan fingerprint density at radius 2 is 1.91 bits per heavy atom. The van der Waals surface area contributed by atoms with Gasteiger partial charge in [0.25, 0.3) is 5.91 Å². The van der Waals surface area contributed by atoms with Crippen LogP contribution in [-0.4, -0.2) is 24.2 Å². The number of fused-ring (bicyclic) bond motifs is 1. The fourth-order valence-corrected chi connectivity index (χ4v) is 3.82. The van der Waals surface area contributed by atoms with E-state index in [1.54, 1.807) is 19.2 Å². The van der Waals surface area contributed by atoms with Crippen molar-refractivity contribution in [2.24, 2.45) is 0 Å². The van der Waals surface area contributed by atoms with Crippen LogP contribution in [0.4, 0.5) is 4.39 Å². The van der Waals surface area contributed by atoms with Crippen LogP contribution in [0.5, 0.6) is 5.75 Å². The van der Waals surface area contributed by atoms with Crippen LogP contribution in [-0.2, 0) is 0 Å². The average molecular weight is 434 g/mol. The molecule has 0 unspecified atom stereocenters. The van der Waals surface area contributed by atoms with Gasteiger partial charge in [-0.05, 0) is 63.1 Å². The van der Waals surface area contributed by atoms with Gasteiger partial charge in [0, 0.05) is 30.2 Å². The number of hydrogen-bond donors (Lipinski definition) is 1. The van der Waals surface area contributed by atoms with Gasteiger partial charge in [-0.2, -0.15) is 0 Å². The second-order valence-electron chi connectivity index (χ2n) is 8.30. The second-order valence-corrected chi connectivity index (χ2v) is 8.30. The zero-order valence-corrected chi connectivity index (χ0v) is 18.1.